The van der Waals surface area contributed by atoms with E-state index in [0.717, 1.165) is 5.56 Å². The maximum atomic E-state index is 12.8. The first-order valence-corrected chi connectivity index (χ1v) is 10.3. The van der Waals surface area contributed by atoms with Gasteiger partial charge in [0, 0.05) is 24.7 Å². The van der Waals surface area contributed by atoms with E-state index in [4.69, 9.17) is 16.3 Å². The summed E-state index contributed by atoms with van der Waals surface area (Å²) in [6.45, 7) is 0.137. The summed E-state index contributed by atoms with van der Waals surface area (Å²) in [6, 6.07) is 18.8. The van der Waals surface area contributed by atoms with Gasteiger partial charge in [-0.25, -0.2) is 0 Å². The van der Waals surface area contributed by atoms with Crippen molar-refractivity contribution < 1.29 is 19.4 Å². The number of ether oxygens (including phenoxy) is 1. The fourth-order valence-corrected chi connectivity index (χ4v) is 3.29. The van der Waals surface area contributed by atoms with Crippen LogP contribution in [-0.4, -0.2) is 21.9 Å². The topological polar surface area (TPSA) is 125 Å². The van der Waals surface area contributed by atoms with Gasteiger partial charge in [-0.15, -0.1) is 0 Å². The van der Waals surface area contributed by atoms with Crippen LogP contribution in [0, 0.1) is 20.2 Å². The second-order valence-corrected chi connectivity index (χ2v) is 7.60. The van der Waals surface area contributed by atoms with Crippen molar-refractivity contribution in [1.82, 2.24) is 5.32 Å². The van der Waals surface area contributed by atoms with Crippen LogP contribution in [0.1, 0.15) is 16.7 Å². The van der Waals surface area contributed by atoms with Crippen molar-refractivity contribution >= 4 is 28.9 Å². The summed E-state index contributed by atoms with van der Waals surface area (Å²) in [7, 11) is 0. The number of hydrogen-bond donors (Lipinski definition) is 1. The van der Waals surface area contributed by atoms with Crippen molar-refractivity contribution in [3.63, 3.8) is 0 Å². The summed E-state index contributed by atoms with van der Waals surface area (Å²) in [5, 5.41) is 25.0. The number of hydrogen-bond acceptors (Lipinski definition) is 7. The van der Waals surface area contributed by atoms with Gasteiger partial charge in [0.2, 0.25) is 0 Å². The normalized spacial score (nSPS) is 11.5. The molecule has 0 amide bonds. The van der Waals surface area contributed by atoms with Gasteiger partial charge in [0.15, 0.2) is 0 Å². The number of nitrogens with zero attached hydrogens (tertiary/aromatic N) is 2. The number of non-ortho nitro benzene ring substituents is 1. The van der Waals surface area contributed by atoms with E-state index < -0.39 is 21.9 Å². The fraction of sp³-hybridized carbons (Fsp3) is 0.174. The van der Waals surface area contributed by atoms with Crippen LogP contribution in [0.25, 0.3) is 0 Å². The number of carbonyl (C=O) groups excluding carboxylic acids is 1. The van der Waals surface area contributed by atoms with E-state index in [1.165, 1.54) is 36.4 Å². The Bertz CT molecular complexity index is 1140. The van der Waals surface area contributed by atoms with Crippen LogP contribution >= 0.6 is 11.6 Å². The van der Waals surface area contributed by atoms with Crippen LogP contribution in [-0.2, 0) is 29.1 Å². The summed E-state index contributed by atoms with van der Waals surface area (Å²) < 4.78 is 5.43. The summed E-state index contributed by atoms with van der Waals surface area (Å²) in [5.74, 6) is -0.513. The lowest BCUT2D eigenvalue weighted by molar-refractivity contribution is -0.385. The molecule has 0 aromatic heterocycles. The largest absolute Gasteiger partial charge is 0.460 e. The van der Waals surface area contributed by atoms with Gasteiger partial charge in [0.05, 0.1) is 9.85 Å². The van der Waals surface area contributed by atoms with Gasteiger partial charge in [0.1, 0.15) is 17.7 Å². The molecule has 0 aliphatic rings. The number of nitro benzene ring substituents is 2. The zero-order valence-corrected chi connectivity index (χ0v) is 18.1. The Morgan fingerprint density at radius 3 is 2.21 bits per heavy atom. The van der Waals surface area contributed by atoms with Crippen molar-refractivity contribution in [1.29, 1.82) is 0 Å². The Balaban J connectivity index is 1.69. The second kappa shape index (κ2) is 11.2. The molecule has 0 fully saturated rings. The van der Waals surface area contributed by atoms with Crippen LogP contribution in [0.3, 0.4) is 0 Å². The van der Waals surface area contributed by atoms with E-state index in [-0.39, 0.29) is 29.5 Å². The molecule has 0 unspecified atom stereocenters. The zero-order chi connectivity index (χ0) is 23.8. The first-order valence-electron chi connectivity index (χ1n) is 9.93. The molecule has 0 bridgehead atoms. The van der Waals surface area contributed by atoms with Crippen LogP contribution in [0.4, 0.5) is 11.4 Å². The van der Waals surface area contributed by atoms with E-state index in [0.29, 0.717) is 17.5 Å². The maximum absolute atomic E-state index is 12.8. The lowest BCUT2D eigenvalue weighted by atomic mass is 10.1. The number of esters is 1. The van der Waals surface area contributed by atoms with Gasteiger partial charge in [-0.3, -0.25) is 25.0 Å². The summed E-state index contributed by atoms with van der Waals surface area (Å²) in [5.41, 5.74) is 1.85. The van der Waals surface area contributed by atoms with Crippen molar-refractivity contribution in [2.45, 2.75) is 25.6 Å². The predicted octanol–water partition coefficient (Wildman–Crippen LogP) is 4.60. The third-order valence-electron chi connectivity index (χ3n) is 4.86. The Morgan fingerprint density at radius 2 is 1.58 bits per heavy atom. The molecule has 0 heterocycles. The molecule has 10 heteroatoms. The van der Waals surface area contributed by atoms with Crippen molar-refractivity contribution in [2.75, 3.05) is 0 Å². The molecule has 3 rings (SSSR count). The Morgan fingerprint density at radius 1 is 0.909 bits per heavy atom. The van der Waals surface area contributed by atoms with E-state index in [1.54, 1.807) is 6.07 Å². The van der Waals surface area contributed by atoms with Gasteiger partial charge >= 0.3 is 5.97 Å². The molecule has 170 valence electrons. The number of nitrogens with one attached hydrogen (secondary N) is 1. The molecule has 9 nitrogen and oxygen atoms in total. The van der Waals surface area contributed by atoms with Crippen LogP contribution in [0.2, 0.25) is 5.02 Å². The number of benzene rings is 3. The zero-order valence-electron chi connectivity index (χ0n) is 17.3. The standard InChI is InChI=1S/C23H20ClN3O6/c24-20-11-8-18(13-22(20)27(31)32)14-25-21(12-16-4-2-1-3-5-16)23(28)33-15-17-6-9-19(10-7-17)26(29)30/h1-11,13,21,25H,12,14-15H2/t21-/m0/s1. The average Bonchev–Trinajstić information content (AvgIpc) is 2.81. The van der Waals surface area contributed by atoms with Gasteiger partial charge < -0.3 is 10.1 Å². The minimum absolute atomic E-state index is 0.0343. The minimum atomic E-state index is -0.722. The number of rotatable bonds is 10. The third-order valence-corrected chi connectivity index (χ3v) is 5.17. The lowest BCUT2D eigenvalue weighted by Gasteiger charge is -2.18. The highest BCUT2D eigenvalue weighted by molar-refractivity contribution is 6.32. The van der Waals surface area contributed by atoms with E-state index >= 15 is 0 Å². The SMILES string of the molecule is O=C(OCc1ccc([N+](=O)[O-])cc1)[C@H](Cc1ccccc1)NCc1ccc(Cl)c([N+](=O)[O-])c1. The maximum Gasteiger partial charge on any atom is 0.323 e. The highest BCUT2D eigenvalue weighted by Crippen LogP contribution is 2.25. The van der Waals surface area contributed by atoms with Gasteiger partial charge in [-0.1, -0.05) is 48.0 Å². The molecule has 0 spiro atoms. The summed E-state index contributed by atoms with van der Waals surface area (Å²) >= 11 is 5.86. The molecule has 0 aliphatic carbocycles. The molecule has 33 heavy (non-hydrogen) atoms. The predicted molar refractivity (Wildman–Crippen MR) is 122 cm³/mol. The molecular formula is C23H20ClN3O6. The van der Waals surface area contributed by atoms with Crippen LogP contribution in [0.5, 0.6) is 0 Å². The van der Waals surface area contributed by atoms with Crippen molar-refractivity contribution in [3.8, 4) is 0 Å². The summed E-state index contributed by atoms with van der Waals surface area (Å²) in [4.78, 5) is 33.7. The van der Waals surface area contributed by atoms with E-state index in [1.807, 2.05) is 30.3 Å². The van der Waals surface area contributed by atoms with Crippen molar-refractivity contribution in [3.05, 3.63) is 115 Å². The van der Waals surface area contributed by atoms with Gasteiger partial charge in [0.25, 0.3) is 11.4 Å². The Kier molecular flexibility index (Phi) is 8.06. The number of nitro groups is 2. The van der Waals surface area contributed by atoms with Crippen molar-refractivity contribution in [2.24, 2.45) is 0 Å². The molecule has 1 N–H and O–H groups in total. The quantitative estimate of drug-likeness (QED) is 0.261. The van der Waals surface area contributed by atoms with Crippen LogP contribution in [0.15, 0.2) is 72.8 Å². The number of halogens is 1. The molecule has 3 aromatic rings. The molecule has 3 aromatic carbocycles. The smallest absolute Gasteiger partial charge is 0.323 e. The minimum Gasteiger partial charge on any atom is -0.460 e. The molecule has 0 aliphatic heterocycles. The Labute approximate surface area is 194 Å². The molecule has 0 saturated carbocycles. The fourth-order valence-electron chi connectivity index (χ4n) is 3.11. The monoisotopic (exact) mass is 469 g/mol. The van der Waals surface area contributed by atoms with E-state index in [9.17, 15) is 25.0 Å². The first-order chi connectivity index (χ1) is 15.8. The highest BCUT2D eigenvalue weighted by Gasteiger charge is 2.21. The van der Waals surface area contributed by atoms with E-state index in [2.05, 4.69) is 5.32 Å². The average molecular weight is 470 g/mol. The first kappa shape index (κ1) is 23.8. The molecule has 0 saturated heterocycles. The van der Waals surface area contributed by atoms with Crippen LogP contribution < -0.4 is 5.32 Å². The van der Waals surface area contributed by atoms with Gasteiger partial charge in [-0.2, -0.15) is 0 Å². The Hall–Kier alpha value is -3.82. The summed E-state index contributed by atoms with van der Waals surface area (Å²) in [6.07, 6.45) is 0.343. The molecule has 1 atom stereocenters. The lowest BCUT2D eigenvalue weighted by Crippen LogP contribution is -2.39. The van der Waals surface area contributed by atoms with Gasteiger partial charge in [-0.05, 0) is 41.3 Å². The highest BCUT2D eigenvalue weighted by atomic mass is 35.5. The molecule has 0 radical (unpaired) electrons. The molecular weight excluding hydrogens is 450 g/mol. The second-order valence-electron chi connectivity index (χ2n) is 7.20. The number of carbonyl (C=O) groups is 1. The third kappa shape index (κ3) is 6.83.